The van der Waals surface area contributed by atoms with Crippen molar-refractivity contribution in [3.05, 3.63) is 84.4 Å². The maximum absolute atomic E-state index is 4.91. The molecule has 6 nitrogen and oxygen atoms in total. The quantitative estimate of drug-likeness (QED) is 0.427. The van der Waals surface area contributed by atoms with E-state index in [1.807, 2.05) is 49.8 Å². The van der Waals surface area contributed by atoms with Gasteiger partial charge in [0.2, 0.25) is 0 Å². The van der Waals surface area contributed by atoms with Crippen molar-refractivity contribution in [3.8, 4) is 33.9 Å². The summed E-state index contributed by atoms with van der Waals surface area (Å²) in [5.74, 6) is 0.594. The average molecular weight is 421 g/mol. The third kappa shape index (κ3) is 4.00. The Kier molecular flexibility index (Phi) is 5.21. The Morgan fingerprint density at radius 3 is 2.53 bits per heavy atom. The molecule has 5 rings (SSSR count). The van der Waals surface area contributed by atoms with Crippen molar-refractivity contribution in [2.75, 3.05) is 14.1 Å². The van der Waals surface area contributed by atoms with Crippen LogP contribution in [0.2, 0.25) is 0 Å². The molecule has 0 aliphatic heterocycles. The number of hydrogen-bond acceptors (Lipinski definition) is 5. The second-order valence-electron chi connectivity index (χ2n) is 8.20. The van der Waals surface area contributed by atoms with Gasteiger partial charge in [0, 0.05) is 47.3 Å². The van der Waals surface area contributed by atoms with Gasteiger partial charge in [-0.1, -0.05) is 24.3 Å². The van der Waals surface area contributed by atoms with E-state index in [1.165, 1.54) is 5.56 Å². The highest BCUT2D eigenvalue weighted by Gasteiger charge is 2.14. The van der Waals surface area contributed by atoms with E-state index in [0.29, 0.717) is 5.82 Å². The van der Waals surface area contributed by atoms with E-state index in [-0.39, 0.29) is 0 Å². The van der Waals surface area contributed by atoms with Crippen LogP contribution in [-0.2, 0) is 6.54 Å². The van der Waals surface area contributed by atoms with Gasteiger partial charge in [-0.15, -0.1) is 0 Å². The Morgan fingerprint density at radius 2 is 1.69 bits per heavy atom. The molecule has 5 aromatic rings. The molecule has 0 fully saturated rings. The molecule has 0 amide bonds. The van der Waals surface area contributed by atoms with E-state index in [1.54, 1.807) is 0 Å². The maximum atomic E-state index is 4.91. The lowest BCUT2D eigenvalue weighted by Gasteiger charge is -2.12. The molecular formula is C26H24N6. The third-order valence-electron chi connectivity index (χ3n) is 5.30. The van der Waals surface area contributed by atoms with E-state index >= 15 is 0 Å². The highest BCUT2D eigenvalue weighted by molar-refractivity contribution is 5.92. The highest BCUT2D eigenvalue weighted by atomic mass is 15.0. The van der Waals surface area contributed by atoms with Crippen LogP contribution in [-0.4, -0.2) is 43.9 Å². The van der Waals surface area contributed by atoms with Crippen molar-refractivity contribution in [1.29, 1.82) is 0 Å². The molecule has 1 aromatic carbocycles. The minimum Gasteiger partial charge on any atom is -0.346 e. The summed E-state index contributed by atoms with van der Waals surface area (Å²) in [5, 5.41) is 0.960. The molecule has 0 unspecified atom stereocenters. The summed E-state index contributed by atoms with van der Waals surface area (Å²) in [6.45, 7) is 2.86. The molecule has 0 spiro atoms. The number of benzene rings is 1. The summed E-state index contributed by atoms with van der Waals surface area (Å²) >= 11 is 0. The first-order chi connectivity index (χ1) is 15.6. The van der Waals surface area contributed by atoms with Gasteiger partial charge in [-0.2, -0.15) is 0 Å². The van der Waals surface area contributed by atoms with Crippen LogP contribution in [0.1, 0.15) is 11.3 Å². The maximum Gasteiger partial charge on any atom is 0.180 e. The molecule has 6 heteroatoms. The SMILES string of the molecule is Cc1cccc(-c2nc(-c3cncc(-c4cccc(CN(C)C)c4)c3)c3cc[nH]c3n2)n1. The fourth-order valence-corrected chi connectivity index (χ4v) is 3.89. The van der Waals surface area contributed by atoms with Crippen LogP contribution in [0.25, 0.3) is 44.9 Å². The van der Waals surface area contributed by atoms with Gasteiger partial charge >= 0.3 is 0 Å². The van der Waals surface area contributed by atoms with Crippen molar-refractivity contribution in [3.63, 3.8) is 0 Å². The molecule has 0 saturated carbocycles. The zero-order valence-electron chi connectivity index (χ0n) is 18.4. The minimum atomic E-state index is 0.594. The van der Waals surface area contributed by atoms with Crippen LogP contribution in [0.4, 0.5) is 0 Å². The number of hydrogen-bond donors (Lipinski definition) is 1. The second-order valence-corrected chi connectivity index (χ2v) is 8.20. The molecule has 0 saturated heterocycles. The summed E-state index contributed by atoms with van der Waals surface area (Å²) < 4.78 is 0. The van der Waals surface area contributed by atoms with E-state index in [0.717, 1.165) is 51.4 Å². The van der Waals surface area contributed by atoms with Gasteiger partial charge in [-0.05, 0) is 62.5 Å². The number of nitrogens with one attached hydrogen (secondary N) is 1. The molecule has 0 aliphatic carbocycles. The van der Waals surface area contributed by atoms with Crippen molar-refractivity contribution in [1.82, 2.24) is 29.8 Å². The Hall–Kier alpha value is -3.90. The predicted octanol–water partition coefficient (Wildman–Crippen LogP) is 5.12. The summed E-state index contributed by atoms with van der Waals surface area (Å²) in [6, 6.07) is 18.6. The zero-order valence-corrected chi connectivity index (χ0v) is 18.4. The number of rotatable bonds is 5. The molecule has 0 radical (unpaired) electrons. The Morgan fingerprint density at radius 1 is 0.844 bits per heavy atom. The summed E-state index contributed by atoms with van der Waals surface area (Å²) in [7, 11) is 4.15. The molecule has 32 heavy (non-hydrogen) atoms. The normalized spacial score (nSPS) is 11.4. The highest BCUT2D eigenvalue weighted by Crippen LogP contribution is 2.30. The minimum absolute atomic E-state index is 0.594. The van der Waals surface area contributed by atoms with Crippen molar-refractivity contribution >= 4 is 11.0 Å². The van der Waals surface area contributed by atoms with E-state index in [9.17, 15) is 0 Å². The van der Waals surface area contributed by atoms with Crippen LogP contribution in [0.15, 0.2) is 73.2 Å². The molecule has 0 atom stereocenters. The van der Waals surface area contributed by atoms with Crippen LogP contribution >= 0.6 is 0 Å². The molecule has 4 aromatic heterocycles. The molecule has 4 heterocycles. The lowest BCUT2D eigenvalue weighted by Crippen LogP contribution is -2.10. The molecule has 1 N–H and O–H groups in total. The number of fused-ring (bicyclic) bond motifs is 1. The summed E-state index contributed by atoms with van der Waals surface area (Å²) in [5.41, 5.74) is 7.71. The molecule has 0 bridgehead atoms. The van der Waals surface area contributed by atoms with E-state index in [4.69, 9.17) is 9.97 Å². The molecule has 158 valence electrons. The smallest absolute Gasteiger partial charge is 0.180 e. The topological polar surface area (TPSA) is 70.6 Å². The lowest BCUT2D eigenvalue weighted by atomic mass is 10.0. The van der Waals surface area contributed by atoms with Crippen molar-refractivity contribution in [2.45, 2.75) is 13.5 Å². The first-order valence-electron chi connectivity index (χ1n) is 10.6. The van der Waals surface area contributed by atoms with Gasteiger partial charge in [0.25, 0.3) is 0 Å². The predicted molar refractivity (Wildman–Crippen MR) is 128 cm³/mol. The standard InChI is InChI=1S/C26H24N6/c1-17-6-4-9-23(29-17)26-30-24(22-10-11-28-25(22)31-26)21-13-20(14-27-15-21)19-8-5-7-18(12-19)16-32(2)3/h4-15H,16H2,1-3H3,(H,28,30,31). The Labute approximate surface area is 187 Å². The van der Waals surface area contributed by atoms with Crippen LogP contribution < -0.4 is 0 Å². The molecular weight excluding hydrogens is 396 g/mol. The largest absolute Gasteiger partial charge is 0.346 e. The number of aromatic amines is 1. The van der Waals surface area contributed by atoms with Crippen molar-refractivity contribution in [2.24, 2.45) is 0 Å². The van der Waals surface area contributed by atoms with E-state index in [2.05, 4.69) is 64.3 Å². The van der Waals surface area contributed by atoms with Gasteiger partial charge in [0.1, 0.15) is 11.3 Å². The fraction of sp³-hybridized carbons (Fsp3) is 0.154. The average Bonchev–Trinajstić information content (AvgIpc) is 3.27. The fourth-order valence-electron chi connectivity index (χ4n) is 3.89. The number of aromatic nitrogens is 5. The van der Waals surface area contributed by atoms with Gasteiger partial charge in [0.15, 0.2) is 5.82 Å². The van der Waals surface area contributed by atoms with Gasteiger partial charge in [-0.3, -0.25) is 4.98 Å². The van der Waals surface area contributed by atoms with Gasteiger partial charge in [-0.25, -0.2) is 15.0 Å². The monoisotopic (exact) mass is 420 g/mol. The zero-order chi connectivity index (χ0) is 22.1. The number of nitrogens with zero attached hydrogens (tertiary/aromatic N) is 5. The Bertz CT molecular complexity index is 1400. The number of pyridine rings is 2. The van der Waals surface area contributed by atoms with Gasteiger partial charge < -0.3 is 9.88 Å². The van der Waals surface area contributed by atoms with Crippen LogP contribution in [0, 0.1) is 6.92 Å². The number of H-pyrrole nitrogens is 1. The first kappa shape index (κ1) is 20.0. The van der Waals surface area contributed by atoms with Gasteiger partial charge in [0.05, 0.1) is 5.69 Å². The van der Waals surface area contributed by atoms with E-state index < -0.39 is 0 Å². The molecule has 0 aliphatic rings. The summed E-state index contributed by atoms with van der Waals surface area (Å²) in [6.07, 6.45) is 5.64. The van der Waals surface area contributed by atoms with Crippen LogP contribution in [0.3, 0.4) is 0 Å². The van der Waals surface area contributed by atoms with Crippen LogP contribution in [0.5, 0.6) is 0 Å². The second kappa shape index (κ2) is 8.32. The third-order valence-corrected chi connectivity index (χ3v) is 5.30. The summed E-state index contributed by atoms with van der Waals surface area (Å²) in [4.78, 5) is 24.1. The number of aryl methyl sites for hydroxylation is 1. The lowest BCUT2D eigenvalue weighted by molar-refractivity contribution is 0.402. The van der Waals surface area contributed by atoms with Crippen molar-refractivity contribution < 1.29 is 0 Å². The Balaban J connectivity index is 1.62. The first-order valence-corrected chi connectivity index (χ1v) is 10.6.